The molecule has 0 heterocycles. The van der Waals surface area contributed by atoms with Crippen LogP contribution in [0.15, 0.2) is 42.5 Å². The Morgan fingerprint density at radius 3 is 2.75 bits per heavy atom. The average Bonchev–Trinajstić information content (AvgIpc) is 3.35. The van der Waals surface area contributed by atoms with Crippen molar-refractivity contribution in [3.05, 3.63) is 59.4 Å². The molecule has 0 aromatic heterocycles. The maximum absolute atomic E-state index is 13.8. The molecule has 24 heavy (non-hydrogen) atoms. The predicted molar refractivity (Wildman–Crippen MR) is 88.4 cm³/mol. The van der Waals surface area contributed by atoms with Gasteiger partial charge in [-0.3, -0.25) is 4.79 Å². The fraction of sp³-hybridized carbons (Fsp3) is 0.316. The van der Waals surface area contributed by atoms with Gasteiger partial charge in [0, 0.05) is 19.5 Å². The van der Waals surface area contributed by atoms with E-state index in [4.69, 9.17) is 4.74 Å². The summed E-state index contributed by atoms with van der Waals surface area (Å²) in [6.45, 7) is 0.386. The van der Waals surface area contributed by atoms with Crippen LogP contribution in [0.25, 0.3) is 0 Å². The van der Waals surface area contributed by atoms with E-state index in [-0.39, 0.29) is 29.3 Å². The molecule has 1 amide bonds. The Hall–Kier alpha value is -2.56. The van der Waals surface area contributed by atoms with E-state index < -0.39 is 0 Å². The lowest BCUT2D eigenvalue weighted by molar-refractivity contribution is -0.131. The predicted octanol–water partition coefficient (Wildman–Crippen LogP) is 3.30. The largest absolute Gasteiger partial charge is 0.504 e. The molecule has 2 aromatic carbocycles. The number of nitrogens with zero attached hydrogens (tertiary/aromatic N) is 1. The van der Waals surface area contributed by atoms with E-state index >= 15 is 0 Å². The number of phenolic OH excluding ortho intramolecular Hbond substituents is 1. The van der Waals surface area contributed by atoms with Crippen LogP contribution in [0.5, 0.6) is 11.5 Å². The third-order valence-corrected chi connectivity index (χ3v) is 4.45. The SMILES string of the molecule is COc1ccc(CN(C)C(=O)[C@@H]2C[C@H]2c2ccccc2F)cc1O. The molecule has 2 atom stereocenters. The van der Waals surface area contributed by atoms with E-state index in [0.717, 1.165) is 5.56 Å². The molecule has 1 fully saturated rings. The Labute approximate surface area is 140 Å². The van der Waals surface area contributed by atoms with Crippen LogP contribution in [0, 0.1) is 11.7 Å². The van der Waals surface area contributed by atoms with Gasteiger partial charge in [0.1, 0.15) is 5.82 Å². The highest BCUT2D eigenvalue weighted by Gasteiger charge is 2.46. The molecule has 3 rings (SSSR count). The Kier molecular flexibility index (Phi) is 4.42. The van der Waals surface area contributed by atoms with Gasteiger partial charge in [-0.2, -0.15) is 0 Å². The molecule has 1 aliphatic carbocycles. The lowest BCUT2D eigenvalue weighted by atomic mass is 10.1. The quantitative estimate of drug-likeness (QED) is 0.916. The van der Waals surface area contributed by atoms with Gasteiger partial charge in [0.2, 0.25) is 5.91 Å². The Balaban J connectivity index is 1.64. The van der Waals surface area contributed by atoms with Crippen LogP contribution in [-0.2, 0) is 11.3 Å². The lowest BCUT2D eigenvalue weighted by Crippen LogP contribution is -2.28. The molecule has 0 bridgehead atoms. The molecule has 0 aliphatic heterocycles. The van der Waals surface area contributed by atoms with Gasteiger partial charge in [0.05, 0.1) is 7.11 Å². The summed E-state index contributed by atoms with van der Waals surface area (Å²) in [6.07, 6.45) is 0.679. The van der Waals surface area contributed by atoms with Crippen molar-refractivity contribution in [3.63, 3.8) is 0 Å². The van der Waals surface area contributed by atoms with Gasteiger partial charge < -0.3 is 14.7 Å². The molecule has 1 aliphatic rings. The number of ether oxygens (including phenoxy) is 1. The topological polar surface area (TPSA) is 49.8 Å². The monoisotopic (exact) mass is 329 g/mol. The number of halogens is 1. The first-order chi connectivity index (χ1) is 11.5. The summed E-state index contributed by atoms with van der Waals surface area (Å²) in [7, 11) is 3.21. The minimum atomic E-state index is -0.250. The van der Waals surface area contributed by atoms with Crippen LogP contribution < -0.4 is 4.74 Å². The first-order valence-electron chi connectivity index (χ1n) is 7.86. The molecule has 4 nitrogen and oxygen atoms in total. The summed E-state index contributed by atoms with van der Waals surface area (Å²) in [5.74, 6) is -0.00991. The number of methoxy groups -OCH3 is 1. The maximum atomic E-state index is 13.8. The van der Waals surface area contributed by atoms with Gasteiger partial charge in [-0.15, -0.1) is 0 Å². The highest BCUT2D eigenvalue weighted by Crippen LogP contribution is 2.49. The van der Waals surface area contributed by atoms with Crippen molar-refractivity contribution in [1.29, 1.82) is 0 Å². The fourth-order valence-electron chi connectivity index (χ4n) is 3.06. The van der Waals surface area contributed by atoms with Crippen molar-refractivity contribution in [1.82, 2.24) is 4.90 Å². The molecule has 2 aromatic rings. The van der Waals surface area contributed by atoms with Gasteiger partial charge in [-0.1, -0.05) is 24.3 Å². The van der Waals surface area contributed by atoms with Crippen LogP contribution in [0.2, 0.25) is 0 Å². The van der Waals surface area contributed by atoms with E-state index in [1.807, 2.05) is 6.07 Å². The molecule has 0 radical (unpaired) electrons. The normalized spacial score (nSPS) is 19.0. The van der Waals surface area contributed by atoms with E-state index in [1.165, 1.54) is 13.2 Å². The minimum Gasteiger partial charge on any atom is -0.504 e. The van der Waals surface area contributed by atoms with Gasteiger partial charge in [0.25, 0.3) is 0 Å². The number of hydrogen-bond acceptors (Lipinski definition) is 3. The van der Waals surface area contributed by atoms with Crippen LogP contribution in [0.3, 0.4) is 0 Å². The number of carbonyl (C=O) groups excluding carboxylic acids is 1. The number of aromatic hydroxyl groups is 1. The minimum absolute atomic E-state index is 0.00133. The Bertz CT molecular complexity index is 762. The lowest BCUT2D eigenvalue weighted by Gasteiger charge is -2.18. The third kappa shape index (κ3) is 3.20. The van der Waals surface area contributed by atoms with E-state index in [9.17, 15) is 14.3 Å². The number of rotatable bonds is 5. The summed E-state index contributed by atoms with van der Waals surface area (Å²) in [4.78, 5) is 14.1. The Morgan fingerprint density at radius 1 is 1.33 bits per heavy atom. The van der Waals surface area contributed by atoms with Crippen molar-refractivity contribution in [2.75, 3.05) is 14.2 Å². The first kappa shape index (κ1) is 16.3. The maximum Gasteiger partial charge on any atom is 0.226 e. The van der Waals surface area contributed by atoms with Crippen molar-refractivity contribution < 1.29 is 19.0 Å². The second kappa shape index (κ2) is 6.51. The number of phenols is 1. The molecular formula is C19H20FNO3. The summed E-state index contributed by atoms with van der Waals surface area (Å²) >= 11 is 0. The summed E-state index contributed by atoms with van der Waals surface area (Å²) in [5, 5.41) is 9.82. The zero-order valence-corrected chi connectivity index (χ0v) is 13.7. The zero-order chi connectivity index (χ0) is 17.3. The highest BCUT2D eigenvalue weighted by molar-refractivity contribution is 5.82. The van der Waals surface area contributed by atoms with E-state index in [2.05, 4.69) is 0 Å². The van der Waals surface area contributed by atoms with Gasteiger partial charge in [0.15, 0.2) is 11.5 Å². The molecule has 0 unspecified atom stereocenters. The van der Waals surface area contributed by atoms with Gasteiger partial charge in [-0.05, 0) is 41.7 Å². The number of amides is 1. The molecule has 5 heteroatoms. The van der Waals surface area contributed by atoms with Crippen LogP contribution in [0.4, 0.5) is 4.39 Å². The van der Waals surface area contributed by atoms with Crippen molar-refractivity contribution in [2.45, 2.75) is 18.9 Å². The third-order valence-electron chi connectivity index (χ3n) is 4.45. The van der Waals surface area contributed by atoms with Crippen molar-refractivity contribution in [2.24, 2.45) is 5.92 Å². The summed E-state index contributed by atoms with van der Waals surface area (Å²) in [6, 6.07) is 11.7. The molecule has 1 N–H and O–H groups in total. The van der Waals surface area contributed by atoms with E-state index in [1.54, 1.807) is 42.3 Å². The number of hydrogen-bond donors (Lipinski definition) is 1. The molecule has 0 saturated heterocycles. The zero-order valence-electron chi connectivity index (χ0n) is 13.7. The molecule has 1 saturated carbocycles. The van der Waals surface area contributed by atoms with Crippen LogP contribution in [0.1, 0.15) is 23.5 Å². The first-order valence-corrected chi connectivity index (χ1v) is 7.86. The van der Waals surface area contributed by atoms with Crippen LogP contribution in [-0.4, -0.2) is 30.1 Å². The smallest absolute Gasteiger partial charge is 0.226 e. The number of benzene rings is 2. The van der Waals surface area contributed by atoms with Crippen molar-refractivity contribution in [3.8, 4) is 11.5 Å². The van der Waals surface area contributed by atoms with Gasteiger partial charge >= 0.3 is 0 Å². The fourth-order valence-corrected chi connectivity index (χ4v) is 3.06. The molecule has 0 spiro atoms. The Morgan fingerprint density at radius 2 is 2.08 bits per heavy atom. The van der Waals surface area contributed by atoms with Crippen molar-refractivity contribution >= 4 is 5.91 Å². The second-order valence-corrected chi connectivity index (χ2v) is 6.17. The van der Waals surface area contributed by atoms with Crippen LogP contribution >= 0.6 is 0 Å². The van der Waals surface area contributed by atoms with Gasteiger partial charge in [-0.25, -0.2) is 4.39 Å². The standard InChI is InChI=1S/C19H20FNO3/c1-21(11-12-7-8-18(24-2)17(22)9-12)19(23)15-10-14(15)13-5-3-4-6-16(13)20/h3-9,14-15,22H,10-11H2,1-2H3/t14-,15+/m0/s1. The summed E-state index contributed by atoms with van der Waals surface area (Å²) < 4.78 is 18.8. The average molecular weight is 329 g/mol. The number of carbonyl (C=O) groups is 1. The summed E-state index contributed by atoms with van der Waals surface area (Å²) in [5.41, 5.74) is 1.43. The second-order valence-electron chi connectivity index (χ2n) is 6.17. The molecular weight excluding hydrogens is 309 g/mol. The van der Waals surface area contributed by atoms with E-state index in [0.29, 0.717) is 24.3 Å². The highest BCUT2D eigenvalue weighted by atomic mass is 19.1. The molecule has 126 valence electrons.